The molecule has 114 valence electrons. The highest BCUT2D eigenvalue weighted by Gasteiger charge is 2.18. The molecule has 0 radical (unpaired) electrons. The van der Waals surface area contributed by atoms with Gasteiger partial charge in [0.1, 0.15) is 5.01 Å². The summed E-state index contributed by atoms with van der Waals surface area (Å²) >= 11 is 7.17. The van der Waals surface area contributed by atoms with Crippen LogP contribution in [0.4, 0.5) is 8.78 Å². The van der Waals surface area contributed by atoms with Crippen LogP contribution >= 0.6 is 22.9 Å². The summed E-state index contributed by atoms with van der Waals surface area (Å²) in [7, 11) is 0. The predicted octanol–water partition coefficient (Wildman–Crippen LogP) is 4.45. The van der Waals surface area contributed by atoms with E-state index in [4.69, 9.17) is 11.6 Å². The molecule has 4 rings (SSSR count). The maximum atomic E-state index is 14.0. The monoisotopic (exact) mass is 348 g/mol. The van der Waals surface area contributed by atoms with E-state index in [9.17, 15) is 8.78 Å². The Morgan fingerprint density at radius 3 is 2.57 bits per heavy atom. The zero-order valence-corrected chi connectivity index (χ0v) is 12.9. The van der Waals surface area contributed by atoms with Crippen LogP contribution in [0.2, 0.25) is 5.02 Å². The van der Waals surface area contributed by atoms with Gasteiger partial charge < -0.3 is 0 Å². The first-order valence-corrected chi connectivity index (χ1v) is 7.75. The molecule has 0 aliphatic heterocycles. The SMILES string of the molecule is Fc1cccc(-c2nnc3sc(-c4ccc(Cl)cc4)nn23)c1F. The molecule has 0 amide bonds. The van der Waals surface area contributed by atoms with Gasteiger partial charge in [-0.2, -0.15) is 9.61 Å². The highest BCUT2D eigenvalue weighted by atomic mass is 35.5. The van der Waals surface area contributed by atoms with Gasteiger partial charge in [-0.3, -0.25) is 0 Å². The standard InChI is InChI=1S/C15H7ClF2N4S/c16-9-6-4-8(5-7-9)14-21-22-13(19-20-15(22)23-14)10-2-1-3-11(17)12(10)18/h1-7H. The van der Waals surface area contributed by atoms with Gasteiger partial charge in [0, 0.05) is 10.6 Å². The number of hydrogen-bond donors (Lipinski definition) is 0. The molecule has 0 atom stereocenters. The molecule has 0 unspecified atom stereocenters. The molecule has 0 aliphatic carbocycles. The summed E-state index contributed by atoms with van der Waals surface area (Å²) in [5.41, 5.74) is 0.876. The Balaban J connectivity index is 1.87. The van der Waals surface area contributed by atoms with E-state index in [-0.39, 0.29) is 11.4 Å². The number of hydrogen-bond acceptors (Lipinski definition) is 4. The minimum atomic E-state index is -0.970. The van der Waals surface area contributed by atoms with Crippen molar-refractivity contribution in [3.63, 3.8) is 0 Å². The fourth-order valence-electron chi connectivity index (χ4n) is 2.17. The molecule has 8 heteroatoms. The quantitative estimate of drug-likeness (QED) is 0.537. The summed E-state index contributed by atoms with van der Waals surface area (Å²) < 4.78 is 28.8. The second kappa shape index (κ2) is 5.36. The molecule has 0 aliphatic rings. The lowest BCUT2D eigenvalue weighted by molar-refractivity contribution is 0.510. The second-order valence-electron chi connectivity index (χ2n) is 4.73. The van der Waals surface area contributed by atoms with Gasteiger partial charge in [0.05, 0.1) is 5.56 Å². The number of rotatable bonds is 2. The smallest absolute Gasteiger partial charge is 0.204 e. The summed E-state index contributed by atoms with van der Waals surface area (Å²) in [6.07, 6.45) is 0. The van der Waals surface area contributed by atoms with Crippen molar-refractivity contribution < 1.29 is 8.78 Å². The van der Waals surface area contributed by atoms with Crippen molar-refractivity contribution >= 4 is 27.9 Å². The molecule has 0 N–H and O–H groups in total. The zero-order chi connectivity index (χ0) is 16.0. The minimum absolute atomic E-state index is 0.0189. The Bertz CT molecular complexity index is 1010. The average molecular weight is 349 g/mol. The topological polar surface area (TPSA) is 43.1 Å². The van der Waals surface area contributed by atoms with E-state index in [2.05, 4.69) is 15.3 Å². The van der Waals surface area contributed by atoms with Crippen LogP contribution in [-0.2, 0) is 0 Å². The maximum absolute atomic E-state index is 14.0. The van der Waals surface area contributed by atoms with Crippen LogP contribution in [0.25, 0.3) is 26.9 Å². The molecule has 2 heterocycles. The first-order valence-electron chi connectivity index (χ1n) is 6.56. The van der Waals surface area contributed by atoms with Gasteiger partial charge in [-0.05, 0) is 24.3 Å². The van der Waals surface area contributed by atoms with Crippen LogP contribution < -0.4 is 0 Å². The first kappa shape index (κ1) is 14.2. The Morgan fingerprint density at radius 2 is 1.78 bits per heavy atom. The van der Waals surface area contributed by atoms with Crippen LogP contribution in [0.3, 0.4) is 0 Å². The van der Waals surface area contributed by atoms with E-state index in [0.29, 0.717) is 15.0 Å². The van der Waals surface area contributed by atoms with Crippen molar-refractivity contribution in [2.75, 3.05) is 0 Å². The number of nitrogens with zero attached hydrogens (tertiary/aromatic N) is 4. The fourth-order valence-corrected chi connectivity index (χ4v) is 3.14. The average Bonchev–Trinajstić information content (AvgIpc) is 3.11. The summed E-state index contributed by atoms with van der Waals surface area (Å²) in [6, 6.07) is 11.1. The molecular weight excluding hydrogens is 342 g/mol. The highest BCUT2D eigenvalue weighted by molar-refractivity contribution is 7.19. The van der Waals surface area contributed by atoms with Crippen molar-refractivity contribution in [2.45, 2.75) is 0 Å². The molecule has 23 heavy (non-hydrogen) atoms. The van der Waals surface area contributed by atoms with Crippen molar-refractivity contribution in [1.29, 1.82) is 0 Å². The molecule has 4 aromatic rings. The van der Waals surface area contributed by atoms with Crippen LogP contribution in [0, 0.1) is 11.6 Å². The van der Waals surface area contributed by atoms with Crippen LogP contribution in [0.5, 0.6) is 0 Å². The molecule has 0 fully saturated rings. The van der Waals surface area contributed by atoms with Crippen molar-refractivity contribution in [2.24, 2.45) is 0 Å². The van der Waals surface area contributed by atoms with Gasteiger partial charge >= 0.3 is 0 Å². The fraction of sp³-hybridized carbons (Fsp3) is 0. The molecule has 4 nitrogen and oxygen atoms in total. The normalized spacial score (nSPS) is 11.3. The van der Waals surface area contributed by atoms with Gasteiger partial charge in [0.25, 0.3) is 0 Å². The van der Waals surface area contributed by atoms with E-state index in [1.807, 2.05) is 12.1 Å². The first-order chi connectivity index (χ1) is 11.1. The van der Waals surface area contributed by atoms with Crippen LogP contribution in [0.1, 0.15) is 0 Å². The molecule has 0 bridgehead atoms. The minimum Gasteiger partial charge on any atom is -0.204 e. The van der Waals surface area contributed by atoms with E-state index in [1.54, 1.807) is 12.1 Å². The number of aromatic nitrogens is 4. The Morgan fingerprint density at radius 1 is 1.00 bits per heavy atom. The zero-order valence-electron chi connectivity index (χ0n) is 11.4. The Labute approximate surface area is 138 Å². The van der Waals surface area contributed by atoms with Crippen molar-refractivity contribution in [3.05, 3.63) is 59.1 Å². The lowest BCUT2D eigenvalue weighted by Gasteiger charge is -2.00. The molecule has 0 spiro atoms. The summed E-state index contributed by atoms with van der Waals surface area (Å²) in [6.45, 7) is 0. The van der Waals surface area contributed by atoms with Gasteiger partial charge in [0.2, 0.25) is 4.96 Å². The van der Waals surface area contributed by atoms with E-state index < -0.39 is 11.6 Å². The van der Waals surface area contributed by atoms with Crippen molar-refractivity contribution in [1.82, 2.24) is 19.8 Å². The van der Waals surface area contributed by atoms with Crippen molar-refractivity contribution in [3.8, 4) is 22.0 Å². The predicted molar refractivity (Wildman–Crippen MR) is 84.5 cm³/mol. The van der Waals surface area contributed by atoms with E-state index >= 15 is 0 Å². The molecule has 2 aromatic carbocycles. The third-order valence-electron chi connectivity index (χ3n) is 3.27. The van der Waals surface area contributed by atoms with Gasteiger partial charge in [0.15, 0.2) is 17.5 Å². The van der Waals surface area contributed by atoms with Gasteiger partial charge in [-0.1, -0.05) is 41.1 Å². The largest absolute Gasteiger partial charge is 0.235 e. The number of fused-ring (bicyclic) bond motifs is 1. The summed E-state index contributed by atoms with van der Waals surface area (Å²) in [5.74, 6) is -1.75. The second-order valence-corrected chi connectivity index (χ2v) is 6.13. The third kappa shape index (κ3) is 2.38. The Hall–Kier alpha value is -2.38. The summed E-state index contributed by atoms with van der Waals surface area (Å²) in [5, 5.41) is 13.6. The lowest BCUT2D eigenvalue weighted by atomic mass is 10.2. The molecule has 2 aromatic heterocycles. The summed E-state index contributed by atoms with van der Waals surface area (Å²) in [4.78, 5) is 0.494. The van der Waals surface area contributed by atoms with Gasteiger partial charge in [-0.15, -0.1) is 10.2 Å². The molecular formula is C15H7ClF2N4S. The number of benzene rings is 2. The molecule has 0 saturated heterocycles. The Kier molecular flexibility index (Phi) is 3.32. The van der Waals surface area contributed by atoms with Crippen LogP contribution in [0.15, 0.2) is 42.5 Å². The van der Waals surface area contributed by atoms with E-state index in [1.165, 1.54) is 28.0 Å². The maximum Gasteiger partial charge on any atom is 0.235 e. The van der Waals surface area contributed by atoms with E-state index in [0.717, 1.165) is 11.6 Å². The van der Waals surface area contributed by atoms with Crippen LogP contribution in [-0.4, -0.2) is 19.8 Å². The van der Waals surface area contributed by atoms with Gasteiger partial charge in [-0.25, -0.2) is 8.78 Å². The highest BCUT2D eigenvalue weighted by Crippen LogP contribution is 2.30. The third-order valence-corrected chi connectivity index (χ3v) is 4.47. The molecule has 0 saturated carbocycles. The lowest BCUT2D eigenvalue weighted by Crippen LogP contribution is -1.95. The number of halogens is 3.